The summed E-state index contributed by atoms with van der Waals surface area (Å²) in [5, 5.41) is 8.32. The number of amides is 1. The van der Waals surface area contributed by atoms with Gasteiger partial charge in [-0.3, -0.25) is 15.6 Å². The van der Waals surface area contributed by atoms with E-state index in [9.17, 15) is 4.79 Å². The normalized spacial score (nSPS) is 21.8. The lowest BCUT2D eigenvalue weighted by Crippen LogP contribution is -2.52. The van der Waals surface area contributed by atoms with Crippen LogP contribution >= 0.6 is 12.2 Å². The molecular weight excluding hydrogens is 370 g/mol. The third kappa shape index (κ3) is 4.35. The van der Waals surface area contributed by atoms with E-state index < -0.39 is 0 Å². The fourth-order valence-corrected chi connectivity index (χ4v) is 4.16. The molecule has 6 nitrogen and oxygen atoms in total. The van der Waals surface area contributed by atoms with Gasteiger partial charge in [-0.2, -0.15) is 5.10 Å². The highest BCUT2D eigenvalue weighted by atomic mass is 32.1. The molecule has 7 heteroatoms. The number of carbonyl (C=O) groups excluding carboxylic acids is 1. The van der Waals surface area contributed by atoms with Gasteiger partial charge in [0, 0.05) is 6.04 Å². The Kier molecular flexibility index (Phi) is 6.34. The molecule has 1 saturated carbocycles. The molecule has 1 aromatic heterocycles. The van der Waals surface area contributed by atoms with E-state index in [2.05, 4.69) is 35.1 Å². The Labute approximate surface area is 172 Å². The van der Waals surface area contributed by atoms with E-state index in [1.54, 1.807) is 4.68 Å². The van der Waals surface area contributed by atoms with Crippen LogP contribution in [-0.4, -0.2) is 26.8 Å². The van der Waals surface area contributed by atoms with Crippen LogP contribution in [0.2, 0.25) is 0 Å². The Balaban J connectivity index is 1.62. The molecule has 0 spiro atoms. The predicted octanol–water partition coefficient (Wildman–Crippen LogP) is 3.42. The number of benzene rings is 1. The summed E-state index contributed by atoms with van der Waals surface area (Å²) >= 11 is 5.38. The van der Waals surface area contributed by atoms with Crippen LogP contribution in [0, 0.1) is 25.7 Å². The maximum absolute atomic E-state index is 12.7. The number of para-hydroxylation sites is 1. The summed E-state index contributed by atoms with van der Waals surface area (Å²) in [6, 6.07) is 10.1. The van der Waals surface area contributed by atoms with Crippen LogP contribution < -0.4 is 16.2 Å². The van der Waals surface area contributed by atoms with Crippen molar-refractivity contribution in [3.63, 3.8) is 0 Å². The molecule has 3 rings (SSSR count). The first-order valence-corrected chi connectivity index (χ1v) is 10.3. The maximum atomic E-state index is 12.7. The summed E-state index contributed by atoms with van der Waals surface area (Å²) in [5.41, 5.74) is 8.51. The lowest BCUT2D eigenvalue weighted by atomic mass is 9.78. The minimum atomic E-state index is -0.244. The topological polar surface area (TPSA) is 71.0 Å². The molecule has 3 atom stereocenters. The summed E-state index contributed by atoms with van der Waals surface area (Å²) in [6.07, 6.45) is 3.57. The van der Waals surface area contributed by atoms with Gasteiger partial charge in [-0.05, 0) is 56.5 Å². The van der Waals surface area contributed by atoms with E-state index in [-0.39, 0.29) is 5.91 Å². The van der Waals surface area contributed by atoms with Gasteiger partial charge in [0.15, 0.2) is 5.11 Å². The van der Waals surface area contributed by atoms with Gasteiger partial charge in [-0.15, -0.1) is 0 Å². The monoisotopic (exact) mass is 399 g/mol. The number of hydrogen-bond acceptors (Lipinski definition) is 3. The average molecular weight is 400 g/mol. The minimum absolute atomic E-state index is 0.244. The van der Waals surface area contributed by atoms with Crippen LogP contribution in [0.5, 0.6) is 0 Å². The molecule has 3 N–H and O–H groups in total. The fourth-order valence-electron chi connectivity index (χ4n) is 3.96. The van der Waals surface area contributed by atoms with E-state index in [4.69, 9.17) is 12.2 Å². The molecule has 1 heterocycles. The van der Waals surface area contributed by atoms with E-state index in [1.165, 1.54) is 12.8 Å². The number of aryl methyl sites for hydroxylation is 1. The Bertz CT molecular complexity index is 848. The highest BCUT2D eigenvalue weighted by Crippen LogP contribution is 2.29. The van der Waals surface area contributed by atoms with Gasteiger partial charge in [0.25, 0.3) is 5.91 Å². The maximum Gasteiger partial charge on any atom is 0.273 e. The summed E-state index contributed by atoms with van der Waals surface area (Å²) < 4.78 is 1.78. The molecule has 0 saturated heterocycles. The Hall–Kier alpha value is -2.41. The second-order valence-electron chi connectivity index (χ2n) is 7.72. The van der Waals surface area contributed by atoms with Gasteiger partial charge in [0.2, 0.25) is 0 Å². The Morgan fingerprint density at radius 3 is 2.57 bits per heavy atom. The van der Waals surface area contributed by atoms with Crippen LogP contribution in [-0.2, 0) is 0 Å². The zero-order valence-electron chi connectivity index (χ0n) is 17.0. The summed E-state index contributed by atoms with van der Waals surface area (Å²) in [4.78, 5) is 12.7. The van der Waals surface area contributed by atoms with E-state index in [0.717, 1.165) is 17.8 Å². The van der Waals surface area contributed by atoms with E-state index in [0.29, 0.717) is 34.2 Å². The highest BCUT2D eigenvalue weighted by Gasteiger charge is 2.27. The van der Waals surface area contributed by atoms with Crippen molar-refractivity contribution in [3.05, 3.63) is 47.3 Å². The molecule has 0 radical (unpaired) electrons. The van der Waals surface area contributed by atoms with E-state index in [1.807, 2.05) is 44.2 Å². The van der Waals surface area contributed by atoms with Crippen LogP contribution in [0.3, 0.4) is 0 Å². The van der Waals surface area contributed by atoms with Crippen molar-refractivity contribution in [1.82, 2.24) is 25.9 Å². The Morgan fingerprint density at radius 2 is 1.86 bits per heavy atom. The number of hydrogen-bond donors (Lipinski definition) is 3. The molecular formula is C21H29N5OS. The third-order valence-electron chi connectivity index (χ3n) is 5.83. The van der Waals surface area contributed by atoms with E-state index >= 15 is 0 Å². The number of nitrogens with zero attached hydrogens (tertiary/aromatic N) is 2. The SMILES string of the molecule is Cc1nn(-c2ccccc2)c(C)c1C(=O)NNC(=S)N[C@@H]1CCC[C@H](C)[C@@H]1C. The quantitative estimate of drug-likeness (QED) is 0.545. The van der Waals surface area contributed by atoms with Gasteiger partial charge in [0.1, 0.15) is 0 Å². The lowest BCUT2D eigenvalue weighted by molar-refractivity contribution is 0.0942. The number of aromatic nitrogens is 2. The number of thiocarbonyl (C=S) groups is 1. The van der Waals surface area contributed by atoms with Crippen molar-refractivity contribution in [2.24, 2.45) is 11.8 Å². The molecule has 0 aliphatic heterocycles. The second-order valence-corrected chi connectivity index (χ2v) is 8.13. The van der Waals surface area contributed by atoms with Crippen LogP contribution in [0.4, 0.5) is 0 Å². The van der Waals surface area contributed by atoms with Crippen LogP contribution in [0.1, 0.15) is 54.9 Å². The van der Waals surface area contributed by atoms with Crippen molar-refractivity contribution in [3.8, 4) is 5.69 Å². The number of rotatable bonds is 3. The fraction of sp³-hybridized carbons (Fsp3) is 0.476. The standard InChI is InChI=1S/C21H29N5OS/c1-13-9-8-12-18(14(13)2)22-21(28)24-23-20(27)19-15(3)25-26(16(19)4)17-10-6-5-7-11-17/h5-7,10-11,13-14,18H,8-9,12H2,1-4H3,(H,23,27)(H2,22,24,28)/t13-,14-,18+/m0/s1. The summed E-state index contributed by atoms with van der Waals surface area (Å²) in [5.74, 6) is 0.988. The molecule has 1 aliphatic carbocycles. The molecule has 0 bridgehead atoms. The zero-order chi connectivity index (χ0) is 20.3. The number of nitrogens with one attached hydrogen (secondary N) is 3. The third-order valence-corrected chi connectivity index (χ3v) is 6.05. The van der Waals surface area contributed by atoms with Gasteiger partial charge in [-0.1, -0.05) is 44.9 Å². The minimum Gasteiger partial charge on any atom is -0.358 e. The van der Waals surface area contributed by atoms with Crippen molar-refractivity contribution >= 4 is 23.2 Å². The van der Waals surface area contributed by atoms with Gasteiger partial charge in [-0.25, -0.2) is 4.68 Å². The largest absolute Gasteiger partial charge is 0.358 e. The number of hydrazine groups is 1. The van der Waals surface area contributed by atoms with Crippen LogP contribution in [0.25, 0.3) is 5.69 Å². The van der Waals surface area contributed by atoms with Crippen molar-refractivity contribution in [1.29, 1.82) is 0 Å². The van der Waals surface area contributed by atoms with Crippen molar-refractivity contribution < 1.29 is 4.79 Å². The first-order valence-electron chi connectivity index (χ1n) is 9.87. The molecule has 150 valence electrons. The molecule has 1 aliphatic rings. The van der Waals surface area contributed by atoms with Gasteiger partial charge >= 0.3 is 0 Å². The molecule has 1 amide bonds. The van der Waals surface area contributed by atoms with Gasteiger partial charge < -0.3 is 5.32 Å². The molecule has 1 aromatic carbocycles. The predicted molar refractivity (Wildman–Crippen MR) is 115 cm³/mol. The zero-order valence-corrected chi connectivity index (χ0v) is 17.8. The second kappa shape index (κ2) is 8.73. The van der Waals surface area contributed by atoms with Gasteiger partial charge in [0.05, 0.1) is 22.6 Å². The average Bonchev–Trinajstić information content (AvgIpc) is 2.98. The summed E-state index contributed by atoms with van der Waals surface area (Å²) in [6.45, 7) is 8.27. The first kappa shape index (κ1) is 20.3. The molecule has 2 aromatic rings. The van der Waals surface area contributed by atoms with Crippen molar-refractivity contribution in [2.45, 2.75) is 53.0 Å². The molecule has 0 unspecified atom stereocenters. The Morgan fingerprint density at radius 1 is 1.14 bits per heavy atom. The molecule has 1 fully saturated rings. The smallest absolute Gasteiger partial charge is 0.273 e. The highest BCUT2D eigenvalue weighted by molar-refractivity contribution is 7.80. The molecule has 28 heavy (non-hydrogen) atoms. The lowest BCUT2D eigenvalue weighted by Gasteiger charge is -2.35. The van der Waals surface area contributed by atoms with Crippen molar-refractivity contribution in [2.75, 3.05) is 0 Å². The number of carbonyl (C=O) groups is 1. The summed E-state index contributed by atoms with van der Waals surface area (Å²) in [7, 11) is 0. The first-order chi connectivity index (χ1) is 13.4. The van der Waals surface area contributed by atoms with Crippen LogP contribution in [0.15, 0.2) is 30.3 Å².